The molecule has 0 unspecified atom stereocenters. The summed E-state index contributed by atoms with van der Waals surface area (Å²) in [5.41, 5.74) is 3.93. The van der Waals surface area contributed by atoms with Gasteiger partial charge in [-0.05, 0) is 0 Å². The maximum absolute atomic E-state index is 2.41. The molecule has 0 heterocycles. The summed E-state index contributed by atoms with van der Waals surface area (Å²) >= 11 is -0.897. The van der Waals surface area contributed by atoms with Gasteiger partial charge in [-0.15, -0.1) is 0 Å². The molecule has 0 nitrogen and oxygen atoms in total. The van der Waals surface area contributed by atoms with Crippen LogP contribution in [0.4, 0.5) is 0 Å². The summed E-state index contributed by atoms with van der Waals surface area (Å²) in [7, 11) is -0.542. The van der Waals surface area contributed by atoms with Crippen LogP contribution in [0.25, 0.3) is 10.8 Å². The molecule has 34 heavy (non-hydrogen) atoms. The minimum absolute atomic E-state index is 0. The van der Waals surface area contributed by atoms with Gasteiger partial charge in [0.1, 0.15) is 0 Å². The zero-order chi connectivity index (χ0) is 22.6. The molecule has 0 aliphatic carbocycles. The molecule has 0 atom stereocenters. The summed E-state index contributed by atoms with van der Waals surface area (Å²) in [4.78, 5) is 0. The van der Waals surface area contributed by atoms with Gasteiger partial charge in [0.15, 0.2) is 0 Å². The third-order valence-electron chi connectivity index (χ3n) is 6.14. The van der Waals surface area contributed by atoms with Gasteiger partial charge in [-0.3, -0.25) is 0 Å². The zero-order valence-electron chi connectivity index (χ0n) is 19.4. The van der Waals surface area contributed by atoms with Crippen LogP contribution >= 0.6 is 7.92 Å². The SMILES string of the molecule is C[PH+](C)c1cccc2ccc[c]([GeH][c]3ccccc3[C-](c3ccccc3)c3ccccc3)c12.[Cu+]. The number of benzene rings is 5. The minimum Gasteiger partial charge on any atom is 1.00 e. The summed E-state index contributed by atoms with van der Waals surface area (Å²) in [6.45, 7) is 4.81. The molecule has 5 aromatic carbocycles. The zero-order valence-corrected chi connectivity index (χ0v) is 23.8. The van der Waals surface area contributed by atoms with Crippen molar-refractivity contribution in [2.75, 3.05) is 13.3 Å². The van der Waals surface area contributed by atoms with Crippen molar-refractivity contribution >= 4 is 48.2 Å². The standard InChI is InChI=1S/C31H27GeP.Cu/c1-33(2)29-22-12-18-25-17-11-21-28(31(25)29)32-27-20-10-9-19-26(27)30(23-13-5-3-6-14-23)24-15-7-4-8-16-24;/h3-22,32H,1-2H3;/q-1;+1/p+1. The van der Waals surface area contributed by atoms with Crippen LogP contribution in [0.5, 0.6) is 0 Å². The van der Waals surface area contributed by atoms with E-state index in [-0.39, 0.29) is 17.1 Å². The maximum Gasteiger partial charge on any atom is 1.00 e. The second-order valence-electron chi connectivity index (χ2n) is 8.59. The molecule has 5 aromatic rings. The summed E-state index contributed by atoms with van der Waals surface area (Å²) in [5.74, 6) is 1.33. The van der Waals surface area contributed by atoms with Crippen molar-refractivity contribution in [2.45, 2.75) is 0 Å². The molecule has 0 aliphatic heterocycles. The van der Waals surface area contributed by atoms with Crippen LogP contribution in [-0.2, 0) is 17.1 Å². The summed E-state index contributed by atoms with van der Waals surface area (Å²) in [5, 5.41) is 4.48. The predicted molar refractivity (Wildman–Crippen MR) is 150 cm³/mol. The Labute approximate surface area is 221 Å². The Hall–Kier alpha value is -2.28. The number of hydrogen-bond donors (Lipinski definition) is 0. The molecule has 0 saturated heterocycles. The molecule has 0 amide bonds. The average Bonchev–Trinajstić information content (AvgIpc) is 2.86. The van der Waals surface area contributed by atoms with Crippen molar-refractivity contribution in [3.05, 3.63) is 144 Å². The largest absolute Gasteiger partial charge is 1.00 e. The third kappa shape index (κ3) is 5.19. The van der Waals surface area contributed by atoms with Crippen molar-refractivity contribution in [2.24, 2.45) is 0 Å². The van der Waals surface area contributed by atoms with E-state index in [4.69, 9.17) is 0 Å². The first-order valence-electron chi connectivity index (χ1n) is 11.5. The fourth-order valence-corrected chi connectivity index (χ4v) is 9.52. The Kier molecular flexibility index (Phi) is 8.35. The first-order valence-corrected chi connectivity index (χ1v) is 16.4. The van der Waals surface area contributed by atoms with E-state index in [1.165, 1.54) is 37.8 Å². The van der Waals surface area contributed by atoms with Gasteiger partial charge in [-0.2, -0.15) is 0 Å². The van der Waals surface area contributed by atoms with Crippen molar-refractivity contribution in [1.82, 2.24) is 0 Å². The third-order valence-corrected chi connectivity index (χ3v) is 11.0. The van der Waals surface area contributed by atoms with Gasteiger partial charge in [0.25, 0.3) is 0 Å². The molecule has 0 bridgehead atoms. The van der Waals surface area contributed by atoms with E-state index in [9.17, 15) is 0 Å². The monoisotopic (exact) mass is 568 g/mol. The topological polar surface area (TPSA) is 0 Å². The van der Waals surface area contributed by atoms with Crippen molar-refractivity contribution in [3.63, 3.8) is 0 Å². The molecule has 0 aromatic heterocycles. The van der Waals surface area contributed by atoms with E-state index in [0.717, 1.165) is 0 Å². The first kappa shape index (κ1) is 24.8. The van der Waals surface area contributed by atoms with E-state index >= 15 is 0 Å². The van der Waals surface area contributed by atoms with E-state index in [1.807, 2.05) is 0 Å². The quantitative estimate of drug-likeness (QED) is 0.112. The van der Waals surface area contributed by atoms with Crippen LogP contribution in [0.3, 0.4) is 0 Å². The first-order chi connectivity index (χ1) is 16.2. The minimum atomic E-state index is -0.897. The van der Waals surface area contributed by atoms with E-state index < -0.39 is 23.4 Å². The average molecular weight is 568 g/mol. The Bertz CT molecular complexity index is 1320. The Morgan fingerprint density at radius 3 is 1.71 bits per heavy atom. The Balaban J connectivity index is 0.00000274. The normalized spacial score (nSPS) is 10.8. The summed E-state index contributed by atoms with van der Waals surface area (Å²) in [6, 6.07) is 44.6. The summed E-state index contributed by atoms with van der Waals surface area (Å²) in [6.07, 6.45) is 0. The fraction of sp³-hybridized carbons (Fsp3) is 0.0645. The molecule has 0 aliphatic rings. The predicted octanol–water partition coefficient (Wildman–Crippen LogP) is 5.34. The second kappa shape index (κ2) is 11.4. The van der Waals surface area contributed by atoms with Gasteiger partial charge in [0, 0.05) is 0 Å². The molecular weight excluding hydrogens is 539 g/mol. The molecular formula is C31H28CuGeP+. The van der Waals surface area contributed by atoms with Crippen molar-refractivity contribution in [3.8, 4) is 0 Å². The van der Waals surface area contributed by atoms with E-state index in [0.29, 0.717) is 0 Å². The smallest absolute Gasteiger partial charge is 1.00 e. The van der Waals surface area contributed by atoms with E-state index in [2.05, 4.69) is 135 Å². The van der Waals surface area contributed by atoms with Gasteiger partial charge >= 0.3 is 223 Å². The molecule has 171 valence electrons. The van der Waals surface area contributed by atoms with Crippen molar-refractivity contribution < 1.29 is 17.1 Å². The number of hydrogen-bond acceptors (Lipinski definition) is 0. The molecule has 3 heteroatoms. The van der Waals surface area contributed by atoms with Gasteiger partial charge in [-0.1, -0.05) is 0 Å². The van der Waals surface area contributed by atoms with Crippen LogP contribution in [0.2, 0.25) is 0 Å². The molecule has 1 radical (unpaired) electrons. The van der Waals surface area contributed by atoms with Gasteiger partial charge < -0.3 is 0 Å². The Morgan fingerprint density at radius 1 is 0.559 bits per heavy atom. The van der Waals surface area contributed by atoms with Gasteiger partial charge in [0.2, 0.25) is 0 Å². The number of fused-ring (bicyclic) bond motifs is 1. The van der Waals surface area contributed by atoms with E-state index in [1.54, 1.807) is 9.70 Å². The molecule has 0 N–H and O–H groups in total. The fourth-order valence-electron chi connectivity index (χ4n) is 4.61. The number of rotatable bonds is 6. The molecule has 5 rings (SSSR count). The molecule has 0 fully saturated rings. The van der Waals surface area contributed by atoms with Crippen LogP contribution < -0.4 is 14.1 Å². The Morgan fingerprint density at radius 2 is 1.09 bits per heavy atom. The van der Waals surface area contributed by atoms with Gasteiger partial charge in [-0.25, -0.2) is 0 Å². The molecule has 0 spiro atoms. The maximum atomic E-state index is 2.41. The second-order valence-corrected chi connectivity index (χ2v) is 14.3. The molecule has 0 saturated carbocycles. The van der Waals surface area contributed by atoms with Gasteiger partial charge in [0.05, 0.1) is 0 Å². The van der Waals surface area contributed by atoms with Crippen LogP contribution in [0, 0.1) is 5.92 Å². The van der Waals surface area contributed by atoms with Crippen LogP contribution in [0.1, 0.15) is 16.7 Å². The summed E-state index contributed by atoms with van der Waals surface area (Å²) < 4.78 is 3.10. The van der Waals surface area contributed by atoms with Crippen LogP contribution in [0.15, 0.2) is 121 Å². The van der Waals surface area contributed by atoms with Crippen LogP contribution in [-0.4, -0.2) is 28.8 Å². The van der Waals surface area contributed by atoms with Crippen molar-refractivity contribution in [1.29, 1.82) is 0 Å².